The molecule has 0 atom stereocenters. The minimum Gasteiger partial charge on any atom is -0.508 e. The summed E-state index contributed by atoms with van der Waals surface area (Å²) >= 11 is 0. The van der Waals surface area contributed by atoms with Crippen molar-refractivity contribution in [3.8, 4) is 5.75 Å². The van der Waals surface area contributed by atoms with Gasteiger partial charge in [-0.15, -0.1) is 0 Å². The van der Waals surface area contributed by atoms with E-state index >= 15 is 0 Å². The molecule has 2 aromatic rings. The van der Waals surface area contributed by atoms with Gasteiger partial charge >= 0.3 is 0 Å². The molecule has 2 N–H and O–H groups in total. The maximum atomic E-state index is 9.39. The molecule has 19 heavy (non-hydrogen) atoms. The van der Waals surface area contributed by atoms with Crippen molar-refractivity contribution in [3.63, 3.8) is 0 Å². The van der Waals surface area contributed by atoms with Crippen LogP contribution in [0.25, 0.3) is 0 Å². The quantitative estimate of drug-likeness (QED) is 0.839. The van der Waals surface area contributed by atoms with Crippen molar-refractivity contribution in [1.82, 2.24) is 0 Å². The molecule has 2 nitrogen and oxygen atoms in total. The van der Waals surface area contributed by atoms with Crippen LogP contribution in [0.3, 0.4) is 0 Å². The van der Waals surface area contributed by atoms with Gasteiger partial charge in [-0.2, -0.15) is 0 Å². The smallest absolute Gasteiger partial charge is 0.117 e. The number of hydrogen-bond donors (Lipinski definition) is 2. The highest BCUT2D eigenvalue weighted by molar-refractivity contribution is 5.48. The zero-order valence-corrected chi connectivity index (χ0v) is 11.6. The van der Waals surface area contributed by atoms with Crippen LogP contribution in [0.4, 0.5) is 5.69 Å². The fraction of sp³-hybridized carbons (Fsp3) is 0.294. The topological polar surface area (TPSA) is 32.3 Å². The summed E-state index contributed by atoms with van der Waals surface area (Å²) in [6.07, 6.45) is 1.13. The number of nitrogens with one attached hydrogen (secondary N) is 1. The number of hydrogen-bond acceptors (Lipinski definition) is 2. The summed E-state index contributed by atoms with van der Waals surface area (Å²) in [5.74, 6) is 0.980. The van der Waals surface area contributed by atoms with Crippen LogP contribution in [0.15, 0.2) is 48.5 Å². The van der Waals surface area contributed by atoms with E-state index < -0.39 is 0 Å². The predicted molar refractivity (Wildman–Crippen MR) is 80.4 cm³/mol. The maximum Gasteiger partial charge on any atom is 0.117 e. The van der Waals surface area contributed by atoms with Gasteiger partial charge in [0.15, 0.2) is 0 Å². The van der Waals surface area contributed by atoms with Crippen molar-refractivity contribution in [1.29, 1.82) is 0 Å². The lowest BCUT2D eigenvalue weighted by molar-refractivity contribution is 0.475. The van der Waals surface area contributed by atoms with Crippen molar-refractivity contribution in [2.45, 2.75) is 26.8 Å². The van der Waals surface area contributed by atoms with E-state index in [2.05, 4.69) is 43.4 Å². The largest absolute Gasteiger partial charge is 0.508 e. The Labute approximate surface area is 115 Å². The lowest BCUT2D eigenvalue weighted by atomic mass is 10.0. The first-order valence-electron chi connectivity index (χ1n) is 6.74. The maximum absolute atomic E-state index is 9.39. The average Bonchev–Trinajstić information content (AvgIpc) is 2.37. The van der Waals surface area contributed by atoms with Crippen LogP contribution in [0.2, 0.25) is 0 Å². The second kappa shape index (κ2) is 6.28. The first kappa shape index (κ1) is 13.5. The third kappa shape index (κ3) is 4.32. The molecule has 0 saturated carbocycles. The fourth-order valence-electron chi connectivity index (χ4n) is 2.08. The lowest BCUT2D eigenvalue weighted by Gasteiger charge is -2.09. The molecule has 0 bridgehead atoms. The highest BCUT2D eigenvalue weighted by Gasteiger charge is 1.99. The molecule has 0 fully saturated rings. The predicted octanol–water partition coefficient (Wildman–Crippen LogP) is 4.20. The van der Waals surface area contributed by atoms with Crippen LogP contribution in [-0.4, -0.2) is 5.11 Å². The Balaban J connectivity index is 1.93. The molecular formula is C17H21NO. The van der Waals surface area contributed by atoms with E-state index in [9.17, 15) is 5.11 Å². The van der Waals surface area contributed by atoms with Gasteiger partial charge in [-0.3, -0.25) is 0 Å². The first-order valence-corrected chi connectivity index (χ1v) is 6.74. The number of aromatic hydroxyl groups is 1. The Morgan fingerprint density at radius 1 is 1.00 bits per heavy atom. The summed E-state index contributed by atoms with van der Waals surface area (Å²) < 4.78 is 0. The molecule has 0 radical (unpaired) electrons. The zero-order valence-electron chi connectivity index (χ0n) is 11.6. The van der Waals surface area contributed by atoms with Crippen molar-refractivity contribution in [2.24, 2.45) is 5.92 Å². The number of anilines is 1. The molecule has 2 aromatic carbocycles. The number of benzene rings is 2. The van der Waals surface area contributed by atoms with E-state index in [4.69, 9.17) is 0 Å². The minimum absolute atomic E-state index is 0.289. The monoisotopic (exact) mass is 255 g/mol. The Morgan fingerprint density at radius 3 is 2.32 bits per heavy atom. The van der Waals surface area contributed by atoms with Gasteiger partial charge in [0, 0.05) is 18.3 Å². The molecule has 0 unspecified atom stereocenters. The summed E-state index contributed by atoms with van der Waals surface area (Å²) in [6, 6.07) is 15.9. The zero-order chi connectivity index (χ0) is 13.7. The summed E-state index contributed by atoms with van der Waals surface area (Å²) in [5.41, 5.74) is 3.57. The van der Waals surface area contributed by atoms with Gasteiger partial charge in [0.2, 0.25) is 0 Å². The van der Waals surface area contributed by atoms with E-state index in [-0.39, 0.29) is 5.75 Å². The molecule has 0 aromatic heterocycles. The molecular weight excluding hydrogens is 234 g/mol. The first-order chi connectivity index (χ1) is 9.13. The minimum atomic E-state index is 0.289. The van der Waals surface area contributed by atoms with Crippen molar-refractivity contribution < 1.29 is 5.11 Å². The standard InChI is InChI=1S/C17H21NO/c1-13(2)10-14-6-8-15(9-7-14)12-18-16-4-3-5-17(19)11-16/h3-9,11,13,18-19H,10,12H2,1-2H3. The van der Waals surface area contributed by atoms with E-state index in [1.807, 2.05) is 12.1 Å². The molecule has 0 spiro atoms. The molecule has 0 saturated heterocycles. The van der Waals surface area contributed by atoms with Gasteiger partial charge < -0.3 is 10.4 Å². The molecule has 0 amide bonds. The Kier molecular flexibility index (Phi) is 4.45. The SMILES string of the molecule is CC(C)Cc1ccc(CNc2cccc(O)c2)cc1. The number of rotatable bonds is 5. The third-order valence-corrected chi connectivity index (χ3v) is 3.01. The Morgan fingerprint density at radius 2 is 1.68 bits per heavy atom. The van der Waals surface area contributed by atoms with Crippen molar-refractivity contribution >= 4 is 5.69 Å². The molecule has 0 aliphatic rings. The summed E-state index contributed by atoms with van der Waals surface area (Å²) in [4.78, 5) is 0. The lowest BCUT2D eigenvalue weighted by Crippen LogP contribution is -2.00. The average molecular weight is 255 g/mol. The van der Waals surface area contributed by atoms with E-state index in [1.165, 1.54) is 11.1 Å². The third-order valence-electron chi connectivity index (χ3n) is 3.01. The normalized spacial score (nSPS) is 10.7. The highest BCUT2D eigenvalue weighted by atomic mass is 16.3. The number of phenolic OH excluding ortho intramolecular Hbond substituents is 1. The van der Waals surface area contributed by atoms with Crippen LogP contribution in [0.5, 0.6) is 5.75 Å². The van der Waals surface area contributed by atoms with Crippen LogP contribution in [0, 0.1) is 5.92 Å². The van der Waals surface area contributed by atoms with Crippen LogP contribution >= 0.6 is 0 Å². The highest BCUT2D eigenvalue weighted by Crippen LogP contribution is 2.16. The van der Waals surface area contributed by atoms with E-state index in [0.29, 0.717) is 5.92 Å². The van der Waals surface area contributed by atoms with Crippen molar-refractivity contribution in [3.05, 3.63) is 59.7 Å². The van der Waals surface area contributed by atoms with E-state index in [1.54, 1.807) is 12.1 Å². The number of phenols is 1. The van der Waals surface area contributed by atoms with Gasteiger partial charge in [0.25, 0.3) is 0 Å². The Hall–Kier alpha value is -1.96. The summed E-state index contributed by atoms with van der Waals surface area (Å²) in [6.45, 7) is 5.24. The van der Waals surface area contributed by atoms with Crippen LogP contribution < -0.4 is 5.32 Å². The van der Waals surface area contributed by atoms with Gasteiger partial charge in [-0.25, -0.2) is 0 Å². The van der Waals surface area contributed by atoms with Gasteiger partial charge in [-0.05, 0) is 35.6 Å². The molecule has 0 aliphatic carbocycles. The van der Waals surface area contributed by atoms with Gasteiger partial charge in [0.05, 0.1) is 0 Å². The second-order valence-electron chi connectivity index (χ2n) is 5.32. The molecule has 2 rings (SSSR count). The fourth-order valence-corrected chi connectivity index (χ4v) is 2.08. The summed E-state index contributed by atoms with van der Waals surface area (Å²) in [5, 5.41) is 12.7. The molecule has 0 aliphatic heterocycles. The summed E-state index contributed by atoms with van der Waals surface area (Å²) in [7, 11) is 0. The van der Waals surface area contributed by atoms with Crippen molar-refractivity contribution in [2.75, 3.05) is 5.32 Å². The second-order valence-corrected chi connectivity index (χ2v) is 5.32. The van der Waals surface area contributed by atoms with E-state index in [0.717, 1.165) is 18.7 Å². The van der Waals surface area contributed by atoms with Crippen LogP contribution in [-0.2, 0) is 13.0 Å². The molecule has 0 heterocycles. The van der Waals surface area contributed by atoms with Gasteiger partial charge in [-0.1, -0.05) is 44.2 Å². The molecule has 100 valence electrons. The van der Waals surface area contributed by atoms with Gasteiger partial charge in [0.1, 0.15) is 5.75 Å². The van der Waals surface area contributed by atoms with Crippen LogP contribution in [0.1, 0.15) is 25.0 Å². The molecule has 2 heteroatoms. The Bertz CT molecular complexity index is 517.